The van der Waals surface area contributed by atoms with E-state index in [4.69, 9.17) is 21.6 Å². The fraction of sp³-hybridized carbons (Fsp3) is 0.357. The van der Waals surface area contributed by atoms with E-state index >= 15 is 0 Å². The van der Waals surface area contributed by atoms with Gasteiger partial charge in [0.1, 0.15) is 0 Å². The minimum atomic E-state index is -0.707. The molecule has 1 amide bonds. The summed E-state index contributed by atoms with van der Waals surface area (Å²) in [5.74, 6) is 3.36. The van der Waals surface area contributed by atoms with E-state index in [0.29, 0.717) is 30.4 Å². The van der Waals surface area contributed by atoms with Gasteiger partial charge >= 0.3 is 0 Å². The molecule has 0 saturated heterocycles. The molecule has 0 bridgehead atoms. The summed E-state index contributed by atoms with van der Waals surface area (Å²) < 4.78 is 11.0. The van der Waals surface area contributed by atoms with Crippen LogP contribution in [0.15, 0.2) is 18.2 Å². The molecule has 0 saturated carbocycles. The van der Waals surface area contributed by atoms with Gasteiger partial charge in [-0.1, -0.05) is 0 Å². The highest BCUT2D eigenvalue weighted by atomic mass is 16.5. The number of anilines is 1. The van der Waals surface area contributed by atoms with Crippen molar-refractivity contribution < 1.29 is 14.3 Å². The number of nitrogens with two attached hydrogens (primary N) is 1. The van der Waals surface area contributed by atoms with Crippen LogP contribution in [-0.4, -0.2) is 25.2 Å². The molecule has 1 aromatic rings. The Morgan fingerprint density at radius 1 is 1.42 bits per heavy atom. The predicted octanol–water partition coefficient (Wildman–Crippen LogP) is 1.14. The number of carbonyl (C=O) groups excluding carboxylic acids is 1. The van der Waals surface area contributed by atoms with Gasteiger partial charge in [-0.2, -0.15) is 0 Å². The molecule has 1 unspecified atom stereocenters. The minimum absolute atomic E-state index is 0.205. The Bertz CT molecular complexity index is 508. The van der Waals surface area contributed by atoms with Crippen LogP contribution in [0.4, 0.5) is 5.69 Å². The van der Waals surface area contributed by atoms with Gasteiger partial charge in [0.25, 0.3) is 0 Å². The van der Waals surface area contributed by atoms with Crippen LogP contribution in [0.5, 0.6) is 11.5 Å². The molecule has 100 valence electrons. The molecule has 0 radical (unpaired) electrons. The summed E-state index contributed by atoms with van der Waals surface area (Å²) in [6, 6.07) is 4.53. The quantitative estimate of drug-likeness (QED) is 0.799. The molecule has 3 N–H and O–H groups in total. The third-order valence-corrected chi connectivity index (χ3v) is 2.69. The van der Waals surface area contributed by atoms with E-state index in [9.17, 15) is 4.79 Å². The molecule has 0 aromatic heterocycles. The second kappa shape index (κ2) is 6.12. The first-order valence-corrected chi connectivity index (χ1v) is 6.10. The predicted molar refractivity (Wildman–Crippen MR) is 72.1 cm³/mol. The topological polar surface area (TPSA) is 73.6 Å². The van der Waals surface area contributed by atoms with Crippen molar-refractivity contribution in [1.29, 1.82) is 0 Å². The van der Waals surface area contributed by atoms with Crippen LogP contribution in [-0.2, 0) is 4.79 Å². The number of benzene rings is 1. The summed E-state index contributed by atoms with van der Waals surface area (Å²) in [5, 5.41) is 2.70. The molecular weight excluding hydrogens is 244 g/mol. The molecule has 1 atom stereocenters. The maximum atomic E-state index is 11.7. The average Bonchev–Trinajstić information content (AvgIpc) is 2.63. The van der Waals surface area contributed by atoms with E-state index in [1.807, 2.05) is 0 Å². The SMILES string of the molecule is C#CCC(N)C(=O)Nc1ccc2c(c1)OCCCO2. The second-order valence-corrected chi connectivity index (χ2v) is 4.22. The Labute approximate surface area is 112 Å². The molecule has 5 heteroatoms. The van der Waals surface area contributed by atoms with Crippen LogP contribution < -0.4 is 20.5 Å². The van der Waals surface area contributed by atoms with Crippen molar-refractivity contribution in [3.05, 3.63) is 18.2 Å². The van der Waals surface area contributed by atoms with Crippen LogP contribution >= 0.6 is 0 Å². The number of rotatable bonds is 3. The van der Waals surface area contributed by atoms with E-state index in [-0.39, 0.29) is 12.3 Å². The van der Waals surface area contributed by atoms with Crippen LogP contribution in [0.1, 0.15) is 12.8 Å². The molecule has 2 rings (SSSR count). The first-order valence-electron chi connectivity index (χ1n) is 6.10. The van der Waals surface area contributed by atoms with Gasteiger partial charge in [0.15, 0.2) is 11.5 Å². The van der Waals surface area contributed by atoms with Gasteiger partial charge in [-0.05, 0) is 12.1 Å². The number of fused-ring (bicyclic) bond motifs is 1. The average molecular weight is 260 g/mol. The Kier molecular flexibility index (Phi) is 4.26. The third-order valence-electron chi connectivity index (χ3n) is 2.69. The molecule has 1 aromatic carbocycles. The highest BCUT2D eigenvalue weighted by Gasteiger charge is 2.15. The standard InChI is InChI=1S/C14H16N2O3/c1-2-4-11(15)14(17)16-10-5-6-12-13(9-10)19-8-3-7-18-12/h1,5-6,9,11H,3-4,7-8,15H2,(H,16,17). The number of ether oxygens (including phenoxy) is 2. The zero-order valence-electron chi connectivity index (χ0n) is 10.5. The highest BCUT2D eigenvalue weighted by molar-refractivity contribution is 5.95. The number of carbonyl (C=O) groups is 1. The molecule has 0 spiro atoms. The molecule has 1 aliphatic heterocycles. The second-order valence-electron chi connectivity index (χ2n) is 4.22. The lowest BCUT2D eigenvalue weighted by Gasteiger charge is -2.12. The van der Waals surface area contributed by atoms with Gasteiger partial charge in [0.2, 0.25) is 5.91 Å². The monoisotopic (exact) mass is 260 g/mol. The smallest absolute Gasteiger partial charge is 0.242 e. The Balaban J connectivity index is 2.08. The summed E-state index contributed by atoms with van der Waals surface area (Å²) in [7, 11) is 0. The molecule has 1 aliphatic rings. The molecule has 0 fully saturated rings. The van der Waals surface area contributed by atoms with Crippen LogP contribution in [0.3, 0.4) is 0 Å². The van der Waals surface area contributed by atoms with Crippen molar-refractivity contribution in [2.24, 2.45) is 5.73 Å². The van der Waals surface area contributed by atoms with Crippen molar-refractivity contribution in [2.45, 2.75) is 18.9 Å². The van der Waals surface area contributed by atoms with Crippen LogP contribution in [0, 0.1) is 12.3 Å². The Hall–Kier alpha value is -2.19. The first kappa shape index (κ1) is 13.2. The van der Waals surface area contributed by atoms with Gasteiger partial charge in [-0.25, -0.2) is 0 Å². The third kappa shape index (κ3) is 3.39. The molecular formula is C14H16N2O3. The van der Waals surface area contributed by atoms with E-state index in [1.165, 1.54) is 0 Å². The van der Waals surface area contributed by atoms with E-state index < -0.39 is 6.04 Å². The van der Waals surface area contributed by atoms with Gasteiger partial charge in [0.05, 0.1) is 19.3 Å². The summed E-state index contributed by atoms with van der Waals surface area (Å²) in [6.45, 7) is 1.23. The minimum Gasteiger partial charge on any atom is -0.490 e. The number of hydrogen-bond acceptors (Lipinski definition) is 4. The van der Waals surface area contributed by atoms with Crippen molar-refractivity contribution >= 4 is 11.6 Å². The van der Waals surface area contributed by atoms with Gasteiger partial charge < -0.3 is 20.5 Å². The summed E-state index contributed by atoms with van der Waals surface area (Å²) >= 11 is 0. The van der Waals surface area contributed by atoms with Crippen molar-refractivity contribution in [2.75, 3.05) is 18.5 Å². The van der Waals surface area contributed by atoms with E-state index in [0.717, 1.165) is 6.42 Å². The van der Waals surface area contributed by atoms with Gasteiger partial charge in [-0.15, -0.1) is 12.3 Å². The maximum absolute atomic E-state index is 11.7. The summed E-state index contributed by atoms with van der Waals surface area (Å²) in [4.78, 5) is 11.7. The fourth-order valence-corrected chi connectivity index (χ4v) is 1.70. The number of terminal acetylenes is 1. The number of amides is 1. The molecule has 19 heavy (non-hydrogen) atoms. The Morgan fingerprint density at radius 3 is 2.89 bits per heavy atom. The summed E-state index contributed by atoms with van der Waals surface area (Å²) in [6.07, 6.45) is 6.16. The molecule has 1 heterocycles. The lowest BCUT2D eigenvalue weighted by atomic mass is 10.2. The van der Waals surface area contributed by atoms with Crippen molar-refractivity contribution in [3.63, 3.8) is 0 Å². The van der Waals surface area contributed by atoms with Crippen molar-refractivity contribution in [3.8, 4) is 23.8 Å². The lowest BCUT2D eigenvalue weighted by Crippen LogP contribution is -2.35. The zero-order valence-corrected chi connectivity index (χ0v) is 10.5. The maximum Gasteiger partial charge on any atom is 0.242 e. The Morgan fingerprint density at radius 2 is 2.16 bits per heavy atom. The lowest BCUT2D eigenvalue weighted by molar-refractivity contribution is -0.117. The van der Waals surface area contributed by atoms with E-state index in [1.54, 1.807) is 18.2 Å². The molecule has 0 aliphatic carbocycles. The molecule has 5 nitrogen and oxygen atoms in total. The van der Waals surface area contributed by atoms with Crippen molar-refractivity contribution in [1.82, 2.24) is 0 Å². The highest BCUT2D eigenvalue weighted by Crippen LogP contribution is 2.32. The van der Waals surface area contributed by atoms with Crippen LogP contribution in [0.2, 0.25) is 0 Å². The normalized spacial score (nSPS) is 14.9. The zero-order chi connectivity index (χ0) is 13.7. The summed E-state index contributed by atoms with van der Waals surface area (Å²) in [5.41, 5.74) is 6.24. The van der Waals surface area contributed by atoms with E-state index in [2.05, 4.69) is 11.2 Å². The first-order chi connectivity index (χ1) is 9.20. The number of nitrogens with one attached hydrogen (secondary N) is 1. The number of hydrogen-bond donors (Lipinski definition) is 2. The van der Waals surface area contributed by atoms with Gasteiger partial charge in [-0.3, -0.25) is 4.79 Å². The fourth-order valence-electron chi connectivity index (χ4n) is 1.70. The largest absolute Gasteiger partial charge is 0.490 e. The van der Waals surface area contributed by atoms with Gasteiger partial charge in [0, 0.05) is 24.6 Å². The van der Waals surface area contributed by atoms with Crippen LogP contribution in [0.25, 0.3) is 0 Å².